The van der Waals surface area contributed by atoms with Crippen molar-refractivity contribution in [3.63, 3.8) is 0 Å². The average molecular weight is 468 g/mol. The van der Waals surface area contributed by atoms with E-state index >= 15 is 0 Å². The van der Waals surface area contributed by atoms with Crippen molar-refractivity contribution in [2.75, 3.05) is 11.1 Å². The molecule has 1 saturated heterocycles. The average Bonchev–Trinajstić information content (AvgIpc) is 3.23. The van der Waals surface area contributed by atoms with Gasteiger partial charge < -0.3 is 24.5 Å². The maximum absolute atomic E-state index is 11.5. The summed E-state index contributed by atoms with van der Waals surface area (Å²) in [5.74, 6) is 0.688. The molecule has 2 heterocycles. The van der Waals surface area contributed by atoms with Crippen molar-refractivity contribution in [3.8, 4) is 0 Å². The van der Waals surface area contributed by atoms with Gasteiger partial charge >= 0.3 is 0 Å². The third-order valence-electron chi connectivity index (χ3n) is 5.76. The first-order valence-corrected chi connectivity index (χ1v) is 11.9. The molecule has 2 N–H and O–H groups in total. The summed E-state index contributed by atoms with van der Waals surface area (Å²) >= 11 is 1.66. The Morgan fingerprint density at radius 1 is 1.18 bits per heavy atom. The Morgan fingerprint density at radius 3 is 2.64 bits per heavy atom. The number of hydrogen-bond acceptors (Lipinski definition) is 6. The summed E-state index contributed by atoms with van der Waals surface area (Å²) in [7, 11) is 1.98. The zero-order valence-electron chi connectivity index (χ0n) is 19.0. The van der Waals surface area contributed by atoms with Gasteiger partial charge in [-0.15, -0.1) is 0 Å². The Labute approximate surface area is 198 Å². The lowest BCUT2D eigenvalue weighted by molar-refractivity contribution is -0.268. The summed E-state index contributed by atoms with van der Waals surface area (Å²) in [6, 6.07) is 15.4. The van der Waals surface area contributed by atoms with Gasteiger partial charge in [-0.2, -0.15) is 0 Å². The molecule has 1 aliphatic heterocycles. The Morgan fingerprint density at radius 2 is 1.97 bits per heavy atom. The van der Waals surface area contributed by atoms with E-state index < -0.39 is 6.29 Å². The largest absolute Gasteiger partial charge is 0.392 e. The number of anilines is 1. The molecule has 0 bridgehead atoms. The van der Waals surface area contributed by atoms with Crippen molar-refractivity contribution in [1.29, 1.82) is 0 Å². The SMILES string of the molecule is CC(=O)Nc1cccc([C@H]2O[C@@H](CSc3nccn3C)[C@@H](C)[C@@H](c3ccc(CO)cc3)O2)c1. The first-order valence-electron chi connectivity index (χ1n) is 10.9. The lowest BCUT2D eigenvalue weighted by atomic mass is 9.91. The number of benzene rings is 2. The highest BCUT2D eigenvalue weighted by Crippen LogP contribution is 2.43. The zero-order chi connectivity index (χ0) is 23.4. The number of carbonyl (C=O) groups excluding carboxylic acids is 1. The summed E-state index contributed by atoms with van der Waals surface area (Å²) in [5, 5.41) is 13.2. The molecule has 4 rings (SSSR count). The van der Waals surface area contributed by atoms with Crippen LogP contribution in [0.3, 0.4) is 0 Å². The Hall–Kier alpha value is -2.65. The van der Waals surface area contributed by atoms with Gasteiger partial charge in [-0.3, -0.25) is 4.79 Å². The van der Waals surface area contributed by atoms with Crippen LogP contribution in [0.15, 0.2) is 66.1 Å². The van der Waals surface area contributed by atoms with E-state index in [0.29, 0.717) is 5.69 Å². The summed E-state index contributed by atoms with van der Waals surface area (Å²) < 4.78 is 14.9. The number of aliphatic hydroxyl groups excluding tert-OH is 1. The van der Waals surface area contributed by atoms with Crippen LogP contribution in [0.1, 0.15) is 42.9 Å². The van der Waals surface area contributed by atoms with Crippen LogP contribution in [0.25, 0.3) is 0 Å². The molecule has 0 unspecified atom stereocenters. The van der Waals surface area contributed by atoms with Crippen LogP contribution in [0.5, 0.6) is 0 Å². The maximum Gasteiger partial charge on any atom is 0.221 e. The molecule has 174 valence electrons. The molecule has 3 aromatic rings. The van der Waals surface area contributed by atoms with E-state index in [0.717, 1.165) is 27.6 Å². The fourth-order valence-corrected chi connectivity index (χ4v) is 5.02. The third-order valence-corrected chi connectivity index (χ3v) is 6.90. The monoisotopic (exact) mass is 467 g/mol. The van der Waals surface area contributed by atoms with Gasteiger partial charge in [0.05, 0.1) is 18.8 Å². The summed E-state index contributed by atoms with van der Waals surface area (Å²) in [6.07, 6.45) is 2.87. The Balaban J connectivity index is 1.60. The first kappa shape index (κ1) is 23.5. The van der Waals surface area contributed by atoms with Crippen LogP contribution in [-0.2, 0) is 27.9 Å². The molecule has 1 amide bonds. The maximum atomic E-state index is 11.5. The van der Waals surface area contributed by atoms with Gasteiger partial charge in [0.2, 0.25) is 5.91 Å². The molecule has 7 nitrogen and oxygen atoms in total. The van der Waals surface area contributed by atoms with Crippen LogP contribution in [0, 0.1) is 5.92 Å². The van der Waals surface area contributed by atoms with Crippen molar-refractivity contribution >= 4 is 23.4 Å². The van der Waals surface area contributed by atoms with E-state index in [1.807, 2.05) is 66.3 Å². The second-order valence-corrected chi connectivity index (χ2v) is 9.25. The predicted molar refractivity (Wildman–Crippen MR) is 128 cm³/mol. The molecular formula is C25H29N3O4S. The van der Waals surface area contributed by atoms with E-state index in [-0.39, 0.29) is 30.6 Å². The zero-order valence-corrected chi connectivity index (χ0v) is 19.8. The quantitative estimate of drug-likeness (QED) is 0.499. The summed E-state index contributed by atoms with van der Waals surface area (Å²) in [5.41, 5.74) is 3.45. The standard InChI is InChI=1S/C25H29N3O4S/c1-16-22(15-33-25-26-11-12-28(25)3)31-24(20-5-4-6-21(13-20)27-17(2)30)32-23(16)19-9-7-18(14-29)8-10-19/h4-13,16,22-24,29H,14-15H2,1-3H3,(H,27,30)/t16-,22+,23+,24+/m1/s1. The minimum Gasteiger partial charge on any atom is -0.392 e. The number of aromatic nitrogens is 2. The van der Waals surface area contributed by atoms with Gasteiger partial charge in [0, 0.05) is 49.3 Å². The topological polar surface area (TPSA) is 85.6 Å². The third kappa shape index (κ3) is 5.65. The summed E-state index contributed by atoms with van der Waals surface area (Å²) in [6.45, 7) is 3.63. The number of nitrogens with one attached hydrogen (secondary N) is 1. The lowest BCUT2D eigenvalue weighted by Gasteiger charge is -2.41. The highest BCUT2D eigenvalue weighted by Gasteiger charge is 2.38. The van der Waals surface area contributed by atoms with Crippen molar-refractivity contribution < 1.29 is 19.4 Å². The fraction of sp³-hybridized carbons (Fsp3) is 0.360. The van der Waals surface area contributed by atoms with Gasteiger partial charge in [-0.1, -0.05) is 55.1 Å². The van der Waals surface area contributed by atoms with Gasteiger partial charge in [0.1, 0.15) is 0 Å². The second-order valence-electron chi connectivity index (χ2n) is 8.26. The number of aryl methyl sites for hydroxylation is 1. The van der Waals surface area contributed by atoms with Gasteiger partial charge in [0.15, 0.2) is 11.4 Å². The number of amides is 1. The molecule has 1 fully saturated rings. The van der Waals surface area contributed by atoms with Crippen molar-refractivity contribution in [2.45, 2.75) is 44.1 Å². The number of rotatable bonds is 7. The molecule has 33 heavy (non-hydrogen) atoms. The number of hydrogen-bond donors (Lipinski definition) is 2. The van der Waals surface area contributed by atoms with Gasteiger partial charge in [-0.05, 0) is 23.3 Å². The number of carbonyl (C=O) groups is 1. The van der Waals surface area contributed by atoms with Crippen LogP contribution < -0.4 is 5.32 Å². The molecule has 1 aliphatic rings. The van der Waals surface area contributed by atoms with Crippen LogP contribution in [0.2, 0.25) is 0 Å². The fourth-order valence-electron chi connectivity index (χ4n) is 3.92. The molecule has 1 aromatic heterocycles. The number of thioether (sulfide) groups is 1. The van der Waals surface area contributed by atoms with Gasteiger partial charge in [-0.25, -0.2) is 4.98 Å². The smallest absolute Gasteiger partial charge is 0.221 e. The Bertz CT molecular complexity index is 1090. The summed E-state index contributed by atoms with van der Waals surface area (Å²) in [4.78, 5) is 15.9. The molecular weight excluding hydrogens is 438 g/mol. The minimum atomic E-state index is -0.579. The predicted octanol–water partition coefficient (Wildman–Crippen LogP) is 4.45. The van der Waals surface area contributed by atoms with Crippen molar-refractivity contribution in [2.24, 2.45) is 13.0 Å². The van der Waals surface area contributed by atoms with Gasteiger partial charge in [0.25, 0.3) is 0 Å². The van der Waals surface area contributed by atoms with E-state index in [4.69, 9.17) is 9.47 Å². The molecule has 0 spiro atoms. The van der Waals surface area contributed by atoms with E-state index in [9.17, 15) is 9.90 Å². The van der Waals surface area contributed by atoms with Crippen molar-refractivity contribution in [1.82, 2.24) is 9.55 Å². The van der Waals surface area contributed by atoms with E-state index in [2.05, 4.69) is 17.2 Å². The molecule has 8 heteroatoms. The number of aliphatic hydroxyl groups is 1. The van der Waals surface area contributed by atoms with Crippen molar-refractivity contribution in [3.05, 3.63) is 77.6 Å². The number of imidazole rings is 1. The number of nitrogens with zero attached hydrogens (tertiary/aromatic N) is 2. The normalized spacial score (nSPS) is 22.8. The highest BCUT2D eigenvalue weighted by atomic mass is 32.2. The Kier molecular flexibility index (Phi) is 7.49. The first-order chi connectivity index (χ1) is 15.9. The highest BCUT2D eigenvalue weighted by molar-refractivity contribution is 7.99. The van der Waals surface area contributed by atoms with Crippen LogP contribution in [0.4, 0.5) is 5.69 Å². The molecule has 0 radical (unpaired) electrons. The molecule has 2 aromatic carbocycles. The van der Waals surface area contributed by atoms with E-state index in [1.165, 1.54) is 6.92 Å². The molecule has 0 aliphatic carbocycles. The van der Waals surface area contributed by atoms with E-state index in [1.54, 1.807) is 18.0 Å². The minimum absolute atomic E-state index is 0.00592. The van der Waals surface area contributed by atoms with Crippen LogP contribution in [-0.4, -0.2) is 32.4 Å². The second kappa shape index (κ2) is 10.5. The number of ether oxygens (including phenoxy) is 2. The molecule has 4 atom stereocenters. The van der Waals surface area contributed by atoms with Crippen LogP contribution >= 0.6 is 11.8 Å². The lowest BCUT2D eigenvalue weighted by Crippen LogP contribution is -2.38. The molecule has 0 saturated carbocycles.